The molecule has 21 heavy (non-hydrogen) atoms. The Morgan fingerprint density at radius 3 is 2.67 bits per heavy atom. The van der Waals surface area contributed by atoms with Crippen molar-refractivity contribution < 1.29 is 18.8 Å². The van der Waals surface area contributed by atoms with Crippen LogP contribution in [0.15, 0.2) is 36.4 Å². The summed E-state index contributed by atoms with van der Waals surface area (Å²) in [7, 11) is 0. The molecule has 1 atom stereocenters. The number of fused-ring (bicyclic) bond motifs is 1. The van der Waals surface area contributed by atoms with Crippen LogP contribution in [0.5, 0.6) is 0 Å². The molecule has 3 N–H and O–H groups in total. The Bertz CT molecular complexity index is 734. The number of rotatable bonds is 1. The summed E-state index contributed by atoms with van der Waals surface area (Å²) in [5.41, 5.74) is 7.38. The summed E-state index contributed by atoms with van der Waals surface area (Å²) in [4.78, 5) is 11.6. The van der Waals surface area contributed by atoms with Crippen LogP contribution < -0.4 is 10.8 Å². The molecule has 1 heterocycles. The minimum absolute atomic E-state index is 0.245. The van der Waals surface area contributed by atoms with Crippen LogP contribution in [0.25, 0.3) is 11.1 Å². The fourth-order valence-corrected chi connectivity index (χ4v) is 2.45. The normalized spacial score (nSPS) is 17.8. The summed E-state index contributed by atoms with van der Waals surface area (Å²) in [5.74, 6) is -1.90. The molecule has 108 valence electrons. The van der Waals surface area contributed by atoms with E-state index in [-0.39, 0.29) is 12.0 Å². The summed E-state index contributed by atoms with van der Waals surface area (Å²) in [6.45, 7) is 0. The Hall–Kier alpha value is -2.31. The predicted molar refractivity (Wildman–Crippen MR) is 72.7 cm³/mol. The minimum atomic E-state index is -0.837. The number of carbonyl (C=O) groups excluding carboxylic acids is 1. The van der Waals surface area contributed by atoms with Gasteiger partial charge in [0.1, 0.15) is 11.6 Å². The zero-order valence-electron chi connectivity index (χ0n) is 10.9. The van der Waals surface area contributed by atoms with Gasteiger partial charge in [0.05, 0.1) is 11.7 Å². The fraction of sp³-hybridized carbons (Fsp3) is 0.133. The molecule has 0 fully saturated rings. The number of carbonyl (C=O) groups is 1. The van der Waals surface area contributed by atoms with Crippen LogP contribution in [0.1, 0.15) is 5.56 Å². The molecule has 1 amide bonds. The van der Waals surface area contributed by atoms with Crippen LogP contribution in [-0.2, 0) is 11.2 Å². The fourth-order valence-electron chi connectivity index (χ4n) is 2.45. The van der Waals surface area contributed by atoms with Crippen LogP contribution in [0.3, 0.4) is 0 Å². The van der Waals surface area contributed by atoms with Gasteiger partial charge in [0.25, 0.3) is 5.91 Å². The summed E-state index contributed by atoms with van der Waals surface area (Å²) in [6.07, 6.45) is 0.252. The first-order valence-electron chi connectivity index (χ1n) is 6.34. The molecule has 3 rings (SSSR count). The van der Waals surface area contributed by atoms with Gasteiger partial charge in [-0.2, -0.15) is 5.06 Å². The topological polar surface area (TPSA) is 66.6 Å². The SMILES string of the molecule is N[C@H]1Cc2cc(-c3ccc(F)cc3F)ccc2N(O)C1=O. The highest BCUT2D eigenvalue weighted by Gasteiger charge is 2.29. The number of hydrogen-bond donors (Lipinski definition) is 2. The van der Waals surface area contributed by atoms with Gasteiger partial charge in [-0.05, 0) is 41.8 Å². The summed E-state index contributed by atoms with van der Waals surface area (Å²) in [6, 6.07) is 7.20. The molecule has 0 saturated heterocycles. The van der Waals surface area contributed by atoms with Crippen molar-refractivity contribution in [2.75, 3.05) is 5.06 Å². The first-order chi connectivity index (χ1) is 9.97. The van der Waals surface area contributed by atoms with E-state index in [1.807, 2.05) is 0 Å². The Morgan fingerprint density at radius 1 is 1.19 bits per heavy atom. The molecule has 6 heteroatoms. The highest BCUT2D eigenvalue weighted by Crippen LogP contribution is 2.32. The lowest BCUT2D eigenvalue weighted by molar-refractivity contribution is -0.125. The van der Waals surface area contributed by atoms with Crippen molar-refractivity contribution in [2.45, 2.75) is 12.5 Å². The molecule has 0 bridgehead atoms. The van der Waals surface area contributed by atoms with Gasteiger partial charge in [-0.25, -0.2) is 8.78 Å². The molecule has 1 aliphatic rings. The molecular formula is C15H12F2N2O2. The lowest BCUT2D eigenvalue weighted by atomic mass is 9.94. The molecule has 2 aromatic carbocycles. The maximum Gasteiger partial charge on any atom is 0.267 e. The van der Waals surface area contributed by atoms with Crippen LogP contribution in [-0.4, -0.2) is 17.2 Å². The van der Waals surface area contributed by atoms with Gasteiger partial charge in [0.2, 0.25) is 0 Å². The standard InChI is InChI=1S/C15H12F2N2O2/c16-10-2-3-11(12(17)7-10)8-1-4-14-9(5-8)6-13(18)15(20)19(14)21/h1-5,7,13,21H,6,18H2/t13-/m0/s1. The van der Waals surface area contributed by atoms with E-state index in [1.54, 1.807) is 12.1 Å². The largest absolute Gasteiger partial charge is 0.320 e. The van der Waals surface area contributed by atoms with Crippen LogP contribution in [0.2, 0.25) is 0 Å². The number of halogens is 2. The molecular weight excluding hydrogens is 278 g/mol. The second kappa shape index (κ2) is 4.91. The molecule has 0 radical (unpaired) electrons. The van der Waals surface area contributed by atoms with E-state index >= 15 is 0 Å². The quantitative estimate of drug-likeness (QED) is 0.792. The molecule has 2 aromatic rings. The zero-order valence-corrected chi connectivity index (χ0v) is 10.9. The number of nitrogens with zero attached hydrogens (tertiary/aromatic N) is 1. The Morgan fingerprint density at radius 2 is 1.95 bits per heavy atom. The molecule has 0 spiro atoms. The second-order valence-corrected chi connectivity index (χ2v) is 4.93. The van der Waals surface area contributed by atoms with Gasteiger partial charge in [0.15, 0.2) is 0 Å². The third kappa shape index (κ3) is 2.28. The van der Waals surface area contributed by atoms with Crippen molar-refractivity contribution in [3.05, 3.63) is 53.6 Å². The minimum Gasteiger partial charge on any atom is -0.320 e. The van der Waals surface area contributed by atoms with Crippen molar-refractivity contribution in [1.82, 2.24) is 0 Å². The summed E-state index contributed by atoms with van der Waals surface area (Å²) in [5, 5.41) is 10.2. The van der Waals surface area contributed by atoms with E-state index in [0.717, 1.165) is 6.07 Å². The van der Waals surface area contributed by atoms with Gasteiger partial charge in [-0.15, -0.1) is 0 Å². The monoisotopic (exact) mass is 290 g/mol. The highest BCUT2D eigenvalue weighted by molar-refractivity contribution is 5.98. The summed E-state index contributed by atoms with van der Waals surface area (Å²) >= 11 is 0. The van der Waals surface area contributed by atoms with Crippen LogP contribution in [0, 0.1) is 11.6 Å². The van der Waals surface area contributed by atoms with Crippen molar-refractivity contribution in [3.63, 3.8) is 0 Å². The van der Waals surface area contributed by atoms with Crippen LogP contribution in [0.4, 0.5) is 14.5 Å². The maximum absolute atomic E-state index is 13.8. The van der Waals surface area contributed by atoms with E-state index in [4.69, 9.17) is 5.73 Å². The first-order valence-corrected chi connectivity index (χ1v) is 6.34. The average Bonchev–Trinajstić information content (AvgIpc) is 2.44. The van der Waals surface area contributed by atoms with Gasteiger partial charge in [0, 0.05) is 11.6 Å². The van der Waals surface area contributed by atoms with Crippen molar-refractivity contribution in [3.8, 4) is 11.1 Å². The van der Waals surface area contributed by atoms with Crippen LogP contribution >= 0.6 is 0 Å². The Kier molecular flexibility index (Phi) is 3.19. The molecule has 4 nitrogen and oxygen atoms in total. The maximum atomic E-state index is 13.8. The smallest absolute Gasteiger partial charge is 0.267 e. The Balaban J connectivity index is 2.08. The molecule has 0 saturated carbocycles. The lowest BCUT2D eigenvalue weighted by Gasteiger charge is -2.28. The van der Waals surface area contributed by atoms with E-state index in [0.29, 0.717) is 21.9 Å². The van der Waals surface area contributed by atoms with E-state index < -0.39 is 23.6 Å². The number of anilines is 1. The average molecular weight is 290 g/mol. The van der Waals surface area contributed by atoms with E-state index in [1.165, 1.54) is 18.2 Å². The third-order valence-electron chi connectivity index (χ3n) is 3.52. The second-order valence-electron chi connectivity index (χ2n) is 4.93. The number of hydrogen-bond acceptors (Lipinski definition) is 3. The van der Waals surface area contributed by atoms with Gasteiger partial charge in [-0.3, -0.25) is 10.0 Å². The summed E-state index contributed by atoms with van der Waals surface area (Å²) < 4.78 is 26.8. The predicted octanol–water partition coefficient (Wildman–Crippen LogP) is 2.24. The molecule has 1 aliphatic heterocycles. The molecule has 0 aromatic heterocycles. The number of hydroxylamine groups is 1. The number of nitrogens with two attached hydrogens (primary N) is 1. The number of benzene rings is 2. The third-order valence-corrected chi connectivity index (χ3v) is 3.52. The van der Waals surface area contributed by atoms with Crippen molar-refractivity contribution in [2.24, 2.45) is 5.73 Å². The highest BCUT2D eigenvalue weighted by atomic mass is 19.1. The van der Waals surface area contributed by atoms with E-state index in [2.05, 4.69) is 0 Å². The molecule has 0 unspecified atom stereocenters. The van der Waals surface area contributed by atoms with E-state index in [9.17, 15) is 18.8 Å². The Labute approximate surface area is 119 Å². The van der Waals surface area contributed by atoms with Crippen molar-refractivity contribution >= 4 is 11.6 Å². The van der Waals surface area contributed by atoms with Gasteiger partial charge >= 0.3 is 0 Å². The zero-order chi connectivity index (χ0) is 15.1. The lowest BCUT2D eigenvalue weighted by Crippen LogP contribution is -2.47. The first kappa shape index (κ1) is 13.7. The van der Waals surface area contributed by atoms with Gasteiger partial charge in [-0.1, -0.05) is 6.07 Å². The van der Waals surface area contributed by atoms with Crippen molar-refractivity contribution in [1.29, 1.82) is 0 Å². The number of amides is 1. The molecule has 0 aliphatic carbocycles. The van der Waals surface area contributed by atoms with Gasteiger partial charge < -0.3 is 5.73 Å².